The van der Waals surface area contributed by atoms with Gasteiger partial charge in [0.15, 0.2) is 5.82 Å². The first kappa shape index (κ1) is 15.2. The minimum absolute atomic E-state index is 0.419. The molecule has 0 bridgehead atoms. The maximum absolute atomic E-state index is 5.79. The Kier molecular flexibility index (Phi) is 4.05. The molecule has 3 N–H and O–H groups in total. The van der Waals surface area contributed by atoms with Crippen LogP contribution in [0.25, 0.3) is 16.9 Å². The van der Waals surface area contributed by atoms with Gasteiger partial charge >= 0.3 is 0 Å². The summed E-state index contributed by atoms with van der Waals surface area (Å²) in [6.07, 6.45) is 3.38. The van der Waals surface area contributed by atoms with Gasteiger partial charge in [0, 0.05) is 18.5 Å². The van der Waals surface area contributed by atoms with E-state index in [4.69, 9.17) is 5.73 Å². The van der Waals surface area contributed by atoms with Crippen LogP contribution in [-0.2, 0) is 13.1 Å². The molecule has 0 saturated heterocycles. The van der Waals surface area contributed by atoms with Crippen molar-refractivity contribution in [3.05, 3.63) is 72.1 Å². The van der Waals surface area contributed by atoms with Gasteiger partial charge in [0.25, 0.3) is 5.95 Å². The van der Waals surface area contributed by atoms with Crippen molar-refractivity contribution in [2.45, 2.75) is 13.1 Å². The number of nitrogens with zero attached hydrogens (tertiary/aromatic N) is 5. The Morgan fingerprint density at radius 2 is 1.88 bits per heavy atom. The molecule has 0 atom stereocenters. The molecule has 2 aromatic heterocycles. The lowest BCUT2D eigenvalue weighted by Gasteiger charge is -2.07. The monoisotopic (exact) mass is 331 g/mol. The van der Waals surface area contributed by atoms with Gasteiger partial charge in [-0.25, -0.2) is 0 Å². The van der Waals surface area contributed by atoms with Crippen LogP contribution < -0.4 is 11.1 Å². The van der Waals surface area contributed by atoms with Gasteiger partial charge in [-0.1, -0.05) is 42.5 Å². The van der Waals surface area contributed by atoms with Crippen LogP contribution in [-0.4, -0.2) is 25.0 Å². The van der Waals surface area contributed by atoms with E-state index in [2.05, 4.69) is 37.7 Å². The first-order valence-corrected chi connectivity index (χ1v) is 7.99. The Morgan fingerprint density at radius 1 is 1.00 bits per heavy atom. The summed E-state index contributed by atoms with van der Waals surface area (Å²) in [7, 11) is 0. The predicted octanol–water partition coefficient (Wildman–Crippen LogP) is 2.28. The number of nitrogens with one attached hydrogen (secondary N) is 1. The van der Waals surface area contributed by atoms with Gasteiger partial charge < -0.3 is 11.1 Å². The molecule has 2 heterocycles. The van der Waals surface area contributed by atoms with Crippen molar-refractivity contribution in [2.75, 3.05) is 5.32 Å². The summed E-state index contributed by atoms with van der Waals surface area (Å²) in [4.78, 5) is 4.52. The lowest BCUT2D eigenvalue weighted by Crippen LogP contribution is -2.08. The highest BCUT2D eigenvalue weighted by Crippen LogP contribution is 2.20. The Bertz CT molecular complexity index is 995. The van der Waals surface area contributed by atoms with Crippen molar-refractivity contribution < 1.29 is 0 Å². The van der Waals surface area contributed by atoms with E-state index in [1.54, 1.807) is 17.1 Å². The van der Waals surface area contributed by atoms with Crippen LogP contribution >= 0.6 is 0 Å². The molecule has 7 nitrogen and oxygen atoms in total. The summed E-state index contributed by atoms with van der Waals surface area (Å²) in [6.45, 7) is 1.12. The fourth-order valence-corrected chi connectivity index (χ4v) is 2.71. The quantitative estimate of drug-likeness (QED) is 0.582. The molecule has 0 amide bonds. The molecule has 4 rings (SSSR count). The van der Waals surface area contributed by atoms with E-state index < -0.39 is 0 Å². The third-order valence-electron chi connectivity index (χ3n) is 3.98. The van der Waals surface area contributed by atoms with E-state index in [-0.39, 0.29) is 0 Å². The van der Waals surface area contributed by atoms with Crippen molar-refractivity contribution in [3.8, 4) is 5.95 Å². The zero-order valence-electron chi connectivity index (χ0n) is 13.5. The van der Waals surface area contributed by atoms with Crippen LogP contribution in [0.1, 0.15) is 11.1 Å². The number of hydrogen-bond donors (Lipinski definition) is 2. The van der Waals surface area contributed by atoms with Crippen LogP contribution in [0.3, 0.4) is 0 Å². The molecule has 0 aliphatic carbocycles. The molecule has 7 heteroatoms. The lowest BCUT2D eigenvalue weighted by atomic mass is 10.1. The molecule has 25 heavy (non-hydrogen) atoms. The number of benzene rings is 2. The zero-order chi connectivity index (χ0) is 17.1. The van der Waals surface area contributed by atoms with Gasteiger partial charge in [-0.15, -0.1) is 5.10 Å². The van der Waals surface area contributed by atoms with Gasteiger partial charge in [-0.2, -0.15) is 19.9 Å². The fourth-order valence-electron chi connectivity index (χ4n) is 2.71. The summed E-state index contributed by atoms with van der Waals surface area (Å²) in [6, 6.07) is 16.0. The third-order valence-corrected chi connectivity index (χ3v) is 3.98. The second-order valence-electron chi connectivity index (χ2n) is 5.59. The number of anilines is 1. The van der Waals surface area contributed by atoms with Gasteiger partial charge in [0.2, 0.25) is 0 Å². The number of rotatable bonds is 5. The summed E-state index contributed by atoms with van der Waals surface area (Å²) >= 11 is 0. The molecule has 0 fully saturated rings. The maximum Gasteiger partial charge on any atom is 0.272 e. The molecule has 2 aromatic carbocycles. The molecular formula is C18H17N7. The van der Waals surface area contributed by atoms with Crippen molar-refractivity contribution in [3.63, 3.8) is 0 Å². The van der Waals surface area contributed by atoms with Crippen LogP contribution in [0, 0.1) is 0 Å². The standard InChI is InChI=1S/C18H17N7/c19-9-14-7-4-8-16-15(14)11-22-25(16)18-23-17(12-21-24-18)20-10-13-5-2-1-3-6-13/h1-8,11-12H,9-10,19H2,(H,20,23,24). The first-order valence-electron chi connectivity index (χ1n) is 7.99. The molecule has 0 unspecified atom stereocenters. The fraction of sp³-hybridized carbons (Fsp3) is 0.111. The highest BCUT2D eigenvalue weighted by Gasteiger charge is 2.10. The van der Waals surface area contributed by atoms with E-state index in [0.717, 1.165) is 16.5 Å². The minimum Gasteiger partial charge on any atom is -0.365 e. The molecule has 4 aromatic rings. The van der Waals surface area contributed by atoms with Crippen molar-refractivity contribution in [2.24, 2.45) is 5.73 Å². The van der Waals surface area contributed by atoms with Crippen LogP contribution in [0.5, 0.6) is 0 Å². The molecule has 0 saturated carbocycles. The summed E-state index contributed by atoms with van der Waals surface area (Å²) in [5.41, 5.74) is 8.90. The zero-order valence-corrected chi connectivity index (χ0v) is 13.5. The van der Waals surface area contributed by atoms with Crippen molar-refractivity contribution in [1.82, 2.24) is 25.0 Å². The first-order chi connectivity index (χ1) is 12.3. The highest BCUT2D eigenvalue weighted by molar-refractivity contribution is 5.83. The highest BCUT2D eigenvalue weighted by atomic mass is 15.4. The van der Waals surface area contributed by atoms with Crippen molar-refractivity contribution in [1.29, 1.82) is 0 Å². The normalized spacial score (nSPS) is 10.9. The van der Waals surface area contributed by atoms with Crippen LogP contribution in [0.4, 0.5) is 5.82 Å². The van der Waals surface area contributed by atoms with E-state index in [1.807, 2.05) is 36.4 Å². The molecule has 0 aliphatic rings. The summed E-state index contributed by atoms with van der Waals surface area (Å²) in [5, 5.41) is 16.8. The number of nitrogens with two attached hydrogens (primary N) is 1. The van der Waals surface area contributed by atoms with E-state index in [9.17, 15) is 0 Å². The van der Waals surface area contributed by atoms with Gasteiger partial charge in [0.05, 0.1) is 17.9 Å². The summed E-state index contributed by atoms with van der Waals surface area (Å²) < 4.78 is 1.68. The maximum atomic E-state index is 5.79. The Balaban J connectivity index is 1.63. The topological polar surface area (TPSA) is 94.5 Å². The Labute approximate surface area is 144 Å². The number of hydrogen-bond acceptors (Lipinski definition) is 6. The minimum atomic E-state index is 0.419. The summed E-state index contributed by atoms with van der Waals surface area (Å²) in [5.74, 6) is 1.06. The van der Waals surface area contributed by atoms with Gasteiger partial charge in [-0.05, 0) is 17.2 Å². The van der Waals surface area contributed by atoms with Crippen LogP contribution in [0.15, 0.2) is 60.9 Å². The molecule has 0 aliphatic heterocycles. The Morgan fingerprint density at radius 3 is 2.72 bits per heavy atom. The lowest BCUT2D eigenvalue weighted by molar-refractivity contribution is 0.792. The number of aromatic nitrogens is 5. The largest absolute Gasteiger partial charge is 0.365 e. The van der Waals surface area contributed by atoms with E-state index in [1.165, 1.54) is 5.56 Å². The third kappa shape index (κ3) is 3.05. The molecule has 0 spiro atoms. The average molecular weight is 331 g/mol. The number of fused-ring (bicyclic) bond motifs is 1. The van der Waals surface area contributed by atoms with E-state index >= 15 is 0 Å². The van der Waals surface area contributed by atoms with Crippen molar-refractivity contribution >= 4 is 16.7 Å². The Hall–Kier alpha value is -3.32. The van der Waals surface area contributed by atoms with Gasteiger partial charge in [0.1, 0.15) is 0 Å². The second kappa shape index (κ2) is 6.66. The predicted molar refractivity (Wildman–Crippen MR) is 96.1 cm³/mol. The smallest absolute Gasteiger partial charge is 0.272 e. The second-order valence-corrected chi connectivity index (χ2v) is 5.59. The average Bonchev–Trinajstić information content (AvgIpc) is 3.12. The SMILES string of the molecule is NCc1cccc2c1cnn2-c1nncc(NCc2ccccc2)n1. The molecular weight excluding hydrogens is 314 g/mol. The van der Waals surface area contributed by atoms with Crippen LogP contribution in [0.2, 0.25) is 0 Å². The van der Waals surface area contributed by atoms with Gasteiger partial charge in [-0.3, -0.25) is 0 Å². The molecule has 124 valence electrons. The van der Waals surface area contributed by atoms with E-state index in [0.29, 0.717) is 24.9 Å². The molecule has 0 radical (unpaired) electrons.